The molecular formula is C18H28N2O5. The molecule has 0 radical (unpaired) electrons. The van der Waals surface area contributed by atoms with Gasteiger partial charge in [-0.2, -0.15) is 0 Å². The first kappa shape index (κ1) is 19.3. The summed E-state index contributed by atoms with van der Waals surface area (Å²) in [4.78, 5) is 37.0. The number of fused-ring (bicyclic) bond motifs is 1. The van der Waals surface area contributed by atoms with Crippen molar-refractivity contribution in [1.82, 2.24) is 10.2 Å². The fourth-order valence-corrected chi connectivity index (χ4v) is 3.84. The summed E-state index contributed by atoms with van der Waals surface area (Å²) in [6.45, 7) is 10.0. The second kappa shape index (κ2) is 7.06. The normalized spacial score (nSPS) is 27.4. The van der Waals surface area contributed by atoms with Crippen molar-refractivity contribution in [2.45, 2.75) is 58.5 Å². The van der Waals surface area contributed by atoms with Crippen LogP contribution in [0, 0.1) is 10.8 Å². The third-order valence-corrected chi connectivity index (χ3v) is 5.17. The summed E-state index contributed by atoms with van der Waals surface area (Å²) in [5.41, 5.74) is -0.503. The van der Waals surface area contributed by atoms with Crippen LogP contribution in [0.4, 0.5) is 4.79 Å². The van der Waals surface area contributed by atoms with Crippen LogP contribution in [0.3, 0.4) is 0 Å². The van der Waals surface area contributed by atoms with Crippen LogP contribution in [0.2, 0.25) is 0 Å². The highest BCUT2D eigenvalue weighted by Crippen LogP contribution is 2.59. The number of carbonyl (C=O) groups is 3. The fourth-order valence-electron chi connectivity index (χ4n) is 3.84. The molecule has 7 nitrogen and oxygen atoms in total. The third-order valence-electron chi connectivity index (χ3n) is 5.17. The molecule has 0 spiro atoms. The monoisotopic (exact) mass is 352 g/mol. The highest BCUT2D eigenvalue weighted by molar-refractivity contribution is 5.83. The number of hydrogen-bond acceptors (Lipinski definition) is 4. The number of hydrogen-bond donors (Lipinski definition) is 2. The molecule has 2 rings (SSSR count). The average Bonchev–Trinajstić information content (AvgIpc) is 3.09. The molecule has 7 heteroatoms. The summed E-state index contributed by atoms with van der Waals surface area (Å²) in [5, 5.41) is 12.4. The van der Waals surface area contributed by atoms with E-state index in [1.54, 1.807) is 13.0 Å². The molecule has 25 heavy (non-hydrogen) atoms. The van der Waals surface area contributed by atoms with E-state index in [0.717, 1.165) is 6.42 Å². The average molecular weight is 352 g/mol. The third kappa shape index (κ3) is 4.14. The summed E-state index contributed by atoms with van der Waals surface area (Å²) in [7, 11) is 0. The molecule has 1 aliphatic heterocycles. The van der Waals surface area contributed by atoms with Crippen molar-refractivity contribution in [2.75, 3.05) is 13.2 Å². The van der Waals surface area contributed by atoms with E-state index in [4.69, 9.17) is 4.74 Å². The zero-order chi connectivity index (χ0) is 18.8. The Labute approximate surface area is 148 Å². The molecular weight excluding hydrogens is 324 g/mol. The lowest BCUT2D eigenvalue weighted by atomic mass is 9.85. The van der Waals surface area contributed by atoms with Crippen molar-refractivity contribution in [2.24, 2.45) is 10.8 Å². The van der Waals surface area contributed by atoms with Crippen LogP contribution in [0.1, 0.15) is 46.5 Å². The Bertz CT molecular complexity index is 574. The van der Waals surface area contributed by atoms with Gasteiger partial charge in [-0.15, -0.1) is 6.58 Å². The van der Waals surface area contributed by atoms with Crippen LogP contribution >= 0.6 is 0 Å². The van der Waals surface area contributed by atoms with Gasteiger partial charge in [-0.3, -0.25) is 9.69 Å². The van der Waals surface area contributed by atoms with E-state index in [0.29, 0.717) is 25.8 Å². The standard InChI is InChI=1S/C18H28N2O5/c1-5-7-17(3,4)10-14(21)19-11-18-8-12(15(22)25-6-2)20(16(23)24)13(18)9-18/h5,12-13H,1,6-11H2,2-4H3,(H,19,21)(H,23,24). The minimum Gasteiger partial charge on any atom is -0.465 e. The van der Waals surface area contributed by atoms with Crippen LogP contribution < -0.4 is 5.32 Å². The SMILES string of the molecule is C=CCC(C)(C)CC(=O)NCC12CC(C(=O)OCC)N(C(=O)O)C1C2. The van der Waals surface area contributed by atoms with Crippen LogP contribution in [-0.4, -0.2) is 53.2 Å². The number of rotatable bonds is 8. The molecule has 140 valence electrons. The number of esters is 1. The molecule has 3 unspecified atom stereocenters. The maximum atomic E-state index is 12.2. The zero-order valence-corrected chi connectivity index (χ0v) is 15.2. The largest absolute Gasteiger partial charge is 0.465 e. The Morgan fingerprint density at radius 1 is 1.40 bits per heavy atom. The smallest absolute Gasteiger partial charge is 0.408 e. The van der Waals surface area contributed by atoms with Gasteiger partial charge in [-0.05, 0) is 31.6 Å². The van der Waals surface area contributed by atoms with E-state index in [-0.39, 0.29) is 29.4 Å². The Morgan fingerprint density at radius 3 is 2.64 bits per heavy atom. The van der Waals surface area contributed by atoms with Crippen LogP contribution in [0.5, 0.6) is 0 Å². The van der Waals surface area contributed by atoms with Crippen molar-refractivity contribution in [3.8, 4) is 0 Å². The summed E-state index contributed by atoms with van der Waals surface area (Å²) >= 11 is 0. The van der Waals surface area contributed by atoms with Crippen molar-refractivity contribution >= 4 is 18.0 Å². The summed E-state index contributed by atoms with van der Waals surface area (Å²) in [6.07, 6.45) is 2.88. The van der Waals surface area contributed by atoms with E-state index in [2.05, 4.69) is 11.9 Å². The molecule has 1 heterocycles. The Hall–Kier alpha value is -2.05. The highest BCUT2D eigenvalue weighted by Gasteiger charge is 2.67. The molecule has 2 fully saturated rings. The molecule has 0 bridgehead atoms. The maximum Gasteiger partial charge on any atom is 0.408 e. The fraction of sp³-hybridized carbons (Fsp3) is 0.722. The second-order valence-electron chi connectivity index (χ2n) is 7.85. The van der Waals surface area contributed by atoms with Gasteiger partial charge in [0.05, 0.1) is 6.61 Å². The summed E-state index contributed by atoms with van der Waals surface area (Å²) in [6, 6.07) is -0.994. The van der Waals surface area contributed by atoms with Gasteiger partial charge >= 0.3 is 12.1 Å². The number of allylic oxidation sites excluding steroid dienone is 1. The molecule has 2 amide bonds. The van der Waals surface area contributed by atoms with Crippen molar-refractivity contribution < 1.29 is 24.2 Å². The summed E-state index contributed by atoms with van der Waals surface area (Å²) < 4.78 is 5.00. The lowest BCUT2D eigenvalue weighted by molar-refractivity contribution is -0.148. The van der Waals surface area contributed by atoms with Gasteiger partial charge < -0.3 is 15.2 Å². The Balaban J connectivity index is 1.95. The van der Waals surface area contributed by atoms with Crippen molar-refractivity contribution in [3.63, 3.8) is 0 Å². The van der Waals surface area contributed by atoms with Gasteiger partial charge in [-0.1, -0.05) is 19.9 Å². The molecule has 1 saturated carbocycles. The van der Waals surface area contributed by atoms with E-state index in [1.807, 2.05) is 13.8 Å². The van der Waals surface area contributed by atoms with Crippen LogP contribution in [0.25, 0.3) is 0 Å². The maximum absolute atomic E-state index is 12.2. The number of ether oxygens (including phenoxy) is 1. The van der Waals surface area contributed by atoms with Gasteiger partial charge in [0.2, 0.25) is 5.91 Å². The minimum atomic E-state index is -1.11. The predicted octanol–water partition coefficient (Wildman–Crippen LogP) is 2.17. The van der Waals surface area contributed by atoms with Gasteiger partial charge in [0.1, 0.15) is 6.04 Å². The Kier molecular flexibility index (Phi) is 5.44. The Morgan fingerprint density at radius 2 is 2.08 bits per heavy atom. The lowest BCUT2D eigenvalue weighted by Crippen LogP contribution is -2.43. The van der Waals surface area contributed by atoms with Crippen LogP contribution in [0.15, 0.2) is 12.7 Å². The number of nitrogens with one attached hydrogen (secondary N) is 1. The highest BCUT2D eigenvalue weighted by atomic mass is 16.5. The first-order valence-electron chi connectivity index (χ1n) is 8.71. The molecule has 2 aliphatic rings. The summed E-state index contributed by atoms with van der Waals surface area (Å²) in [5.74, 6) is -0.566. The molecule has 0 aromatic heterocycles. The van der Waals surface area contributed by atoms with E-state index in [1.165, 1.54) is 4.90 Å². The van der Waals surface area contributed by atoms with Crippen molar-refractivity contribution in [3.05, 3.63) is 12.7 Å². The number of carboxylic acid groups (broad SMARTS) is 1. The van der Waals surface area contributed by atoms with E-state index < -0.39 is 18.1 Å². The molecule has 1 aliphatic carbocycles. The van der Waals surface area contributed by atoms with Gasteiger partial charge in [0.25, 0.3) is 0 Å². The number of carbonyl (C=O) groups excluding carboxylic acids is 2. The molecule has 0 aromatic rings. The quantitative estimate of drug-likeness (QED) is 0.515. The molecule has 1 saturated heterocycles. The first-order valence-corrected chi connectivity index (χ1v) is 8.71. The zero-order valence-electron chi connectivity index (χ0n) is 15.2. The van der Waals surface area contributed by atoms with Gasteiger partial charge in [0, 0.05) is 24.4 Å². The van der Waals surface area contributed by atoms with E-state index in [9.17, 15) is 19.5 Å². The number of nitrogens with zero attached hydrogens (tertiary/aromatic N) is 1. The van der Waals surface area contributed by atoms with E-state index >= 15 is 0 Å². The molecule has 2 N–H and O–H groups in total. The lowest BCUT2D eigenvalue weighted by Gasteiger charge is -2.23. The molecule has 3 atom stereocenters. The number of amides is 2. The molecule has 0 aromatic carbocycles. The first-order chi connectivity index (χ1) is 11.7. The van der Waals surface area contributed by atoms with Gasteiger partial charge in [-0.25, -0.2) is 9.59 Å². The van der Waals surface area contributed by atoms with Crippen molar-refractivity contribution in [1.29, 1.82) is 0 Å². The predicted molar refractivity (Wildman–Crippen MR) is 92.0 cm³/mol. The number of piperidine rings is 1. The van der Waals surface area contributed by atoms with Gasteiger partial charge in [0.15, 0.2) is 0 Å². The second-order valence-corrected chi connectivity index (χ2v) is 7.85. The van der Waals surface area contributed by atoms with Crippen LogP contribution in [-0.2, 0) is 14.3 Å². The topological polar surface area (TPSA) is 95.9 Å². The minimum absolute atomic E-state index is 0.0617. The number of likely N-dealkylation sites (tertiary alicyclic amines) is 1.